The first-order valence-electron chi connectivity index (χ1n) is 11.4. The van der Waals surface area contributed by atoms with Crippen LogP contribution in [0.5, 0.6) is 5.75 Å². The molecule has 0 saturated carbocycles. The minimum Gasteiger partial charge on any atom is -0.491 e. The van der Waals surface area contributed by atoms with Crippen molar-refractivity contribution in [1.82, 2.24) is 20.1 Å². The molecule has 1 fully saturated rings. The molecule has 1 saturated heterocycles. The molecule has 2 heterocycles. The van der Waals surface area contributed by atoms with Crippen LogP contribution >= 0.6 is 0 Å². The number of aromatic amines is 1. The molecule has 0 radical (unpaired) electrons. The molecule has 3 aromatic rings. The van der Waals surface area contributed by atoms with Gasteiger partial charge in [0.15, 0.2) is 5.82 Å². The van der Waals surface area contributed by atoms with Crippen molar-refractivity contribution in [3.8, 4) is 17.1 Å². The summed E-state index contributed by atoms with van der Waals surface area (Å²) in [6, 6.07) is 13.9. The molecule has 1 aromatic heterocycles. The van der Waals surface area contributed by atoms with E-state index in [1.807, 2.05) is 36.9 Å². The number of carbonyl (C=O) groups excluding carboxylic acids is 1. The van der Waals surface area contributed by atoms with Gasteiger partial charge in [-0.05, 0) is 38.1 Å². The summed E-state index contributed by atoms with van der Waals surface area (Å²) in [4.78, 5) is 31.6. The van der Waals surface area contributed by atoms with Crippen molar-refractivity contribution in [3.63, 3.8) is 0 Å². The number of aryl methyl sites for hydroxylation is 1. The zero-order valence-electron chi connectivity index (χ0n) is 19.3. The molecular weight excluding hydrogens is 437 g/mol. The average molecular weight is 466 g/mol. The zero-order valence-corrected chi connectivity index (χ0v) is 19.3. The van der Waals surface area contributed by atoms with Crippen LogP contribution in [0.15, 0.2) is 53.3 Å². The molecule has 1 amide bonds. The minimum atomic E-state index is -0.364. The van der Waals surface area contributed by atoms with Crippen molar-refractivity contribution >= 4 is 11.6 Å². The number of rotatable bonds is 7. The first-order valence-corrected chi connectivity index (χ1v) is 11.4. The van der Waals surface area contributed by atoms with Crippen LogP contribution in [0.4, 0.5) is 10.1 Å². The Morgan fingerprint density at radius 2 is 1.85 bits per heavy atom. The monoisotopic (exact) mass is 465 g/mol. The van der Waals surface area contributed by atoms with Crippen LogP contribution in [0.1, 0.15) is 26.0 Å². The van der Waals surface area contributed by atoms with Crippen molar-refractivity contribution in [2.75, 3.05) is 31.1 Å². The lowest BCUT2D eigenvalue weighted by Gasteiger charge is -2.36. The summed E-state index contributed by atoms with van der Waals surface area (Å²) in [6.45, 7) is 6.00. The number of anilines is 1. The van der Waals surface area contributed by atoms with Crippen molar-refractivity contribution in [1.29, 1.82) is 0 Å². The van der Waals surface area contributed by atoms with Gasteiger partial charge in [0.1, 0.15) is 17.3 Å². The summed E-state index contributed by atoms with van der Waals surface area (Å²) in [5.74, 6) is 0.707. The van der Waals surface area contributed by atoms with E-state index in [1.165, 1.54) is 6.07 Å². The summed E-state index contributed by atoms with van der Waals surface area (Å²) in [5.41, 5.74) is 1.10. The molecule has 34 heavy (non-hydrogen) atoms. The third-order valence-corrected chi connectivity index (χ3v) is 5.65. The van der Waals surface area contributed by atoms with Crippen molar-refractivity contribution in [2.45, 2.75) is 32.8 Å². The number of amides is 1. The van der Waals surface area contributed by atoms with E-state index in [9.17, 15) is 14.0 Å². The highest BCUT2D eigenvalue weighted by atomic mass is 19.1. The highest BCUT2D eigenvalue weighted by molar-refractivity contribution is 5.76. The van der Waals surface area contributed by atoms with Crippen LogP contribution < -0.4 is 15.2 Å². The number of hydrogen-bond donors (Lipinski definition) is 1. The van der Waals surface area contributed by atoms with Crippen LogP contribution in [0, 0.1) is 5.82 Å². The maximum absolute atomic E-state index is 14.0. The van der Waals surface area contributed by atoms with E-state index in [0.29, 0.717) is 49.0 Å². The van der Waals surface area contributed by atoms with Crippen LogP contribution in [0.2, 0.25) is 0 Å². The fourth-order valence-electron chi connectivity index (χ4n) is 3.93. The predicted molar refractivity (Wildman–Crippen MR) is 127 cm³/mol. The van der Waals surface area contributed by atoms with Gasteiger partial charge in [-0.15, -0.1) is 10.2 Å². The second-order valence-electron chi connectivity index (χ2n) is 8.46. The average Bonchev–Trinajstić information content (AvgIpc) is 2.83. The normalized spacial score (nSPS) is 13.9. The Balaban J connectivity index is 1.33. The fourth-order valence-corrected chi connectivity index (χ4v) is 3.93. The highest BCUT2D eigenvalue weighted by Gasteiger charge is 2.23. The Kier molecular flexibility index (Phi) is 7.20. The molecule has 8 nitrogen and oxygen atoms in total. The second-order valence-corrected chi connectivity index (χ2v) is 8.46. The first kappa shape index (κ1) is 23.4. The molecule has 178 valence electrons. The van der Waals surface area contributed by atoms with Gasteiger partial charge in [0.2, 0.25) is 5.91 Å². The molecule has 0 spiro atoms. The third kappa shape index (κ3) is 5.59. The Morgan fingerprint density at radius 1 is 1.09 bits per heavy atom. The Morgan fingerprint density at radius 3 is 2.56 bits per heavy atom. The molecule has 0 bridgehead atoms. The van der Waals surface area contributed by atoms with E-state index in [1.54, 1.807) is 29.2 Å². The lowest BCUT2D eigenvalue weighted by molar-refractivity contribution is -0.131. The number of hydrogen-bond acceptors (Lipinski definition) is 6. The second kappa shape index (κ2) is 10.5. The standard InChI is InChI=1S/C25H28FN5O3/c1-17(2)34-19-7-5-6-18(16-19)24-27-25(33)21(28-29-24)10-11-23(32)31-14-12-30(13-15-31)22-9-4-3-8-20(22)26/h3-9,16-17H,10-15H2,1-2H3,(H,27,29,33). The first-order chi connectivity index (χ1) is 16.4. The quantitative estimate of drug-likeness (QED) is 0.577. The van der Waals surface area contributed by atoms with E-state index in [0.717, 1.165) is 0 Å². The predicted octanol–water partition coefficient (Wildman–Crippen LogP) is 3.04. The molecule has 0 aliphatic carbocycles. The van der Waals surface area contributed by atoms with Crippen molar-refractivity contribution in [3.05, 3.63) is 70.4 Å². The zero-order chi connectivity index (χ0) is 24.1. The number of halogens is 1. The molecule has 4 rings (SSSR count). The molecule has 1 aliphatic heterocycles. The van der Waals surface area contributed by atoms with Gasteiger partial charge in [-0.3, -0.25) is 9.59 Å². The number of para-hydroxylation sites is 1. The lowest BCUT2D eigenvalue weighted by atomic mass is 10.2. The fraction of sp³-hybridized carbons (Fsp3) is 0.360. The molecule has 0 unspecified atom stereocenters. The van der Waals surface area contributed by atoms with E-state index in [4.69, 9.17) is 4.74 Å². The molecule has 9 heteroatoms. The summed E-state index contributed by atoms with van der Waals surface area (Å²) >= 11 is 0. The van der Waals surface area contributed by atoms with Gasteiger partial charge in [-0.25, -0.2) is 4.39 Å². The van der Waals surface area contributed by atoms with Gasteiger partial charge < -0.3 is 19.5 Å². The van der Waals surface area contributed by atoms with Gasteiger partial charge in [-0.2, -0.15) is 0 Å². The van der Waals surface area contributed by atoms with E-state index < -0.39 is 0 Å². The van der Waals surface area contributed by atoms with Crippen LogP contribution in [0.3, 0.4) is 0 Å². The smallest absolute Gasteiger partial charge is 0.273 e. The molecule has 0 atom stereocenters. The van der Waals surface area contributed by atoms with Crippen LogP contribution in [-0.4, -0.2) is 58.3 Å². The molecule has 1 aliphatic rings. The number of aromatic nitrogens is 3. The van der Waals surface area contributed by atoms with Crippen molar-refractivity contribution in [2.24, 2.45) is 0 Å². The molecule has 2 aromatic carbocycles. The van der Waals surface area contributed by atoms with Gasteiger partial charge >= 0.3 is 0 Å². The SMILES string of the molecule is CC(C)Oc1cccc(-c2nnc(CCC(=O)N3CCN(c4ccccc4F)CC3)c(=O)[nH]2)c1. The van der Waals surface area contributed by atoms with Crippen molar-refractivity contribution < 1.29 is 13.9 Å². The maximum atomic E-state index is 14.0. The number of nitrogens with zero attached hydrogens (tertiary/aromatic N) is 4. The number of piperazine rings is 1. The van der Waals surface area contributed by atoms with Crippen LogP contribution in [-0.2, 0) is 11.2 Å². The maximum Gasteiger partial charge on any atom is 0.273 e. The Hall–Kier alpha value is -3.75. The number of carbonyl (C=O) groups is 1. The van der Waals surface area contributed by atoms with Gasteiger partial charge in [-0.1, -0.05) is 24.3 Å². The number of benzene rings is 2. The summed E-state index contributed by atoms with van der Waals surface area (Å²) in [6.07, 6.45) is 0.391. The van der Waals surface area contributed by atoms with Gasteiger partial charge in [0, 0.05) is 44.6 Å². The van der Waals surface area contributed by atoms with Gasteiger partial charge in [0.05, 0.1) is 11.8 Å². The summed E-state index contributed by atoms with van der Waals surface area (Å²) in [7, 11) is 0. The lowest BCUT2D eigenvalue weighted by Crippen LogP contribution is -2.49. The Labute approximate surface area is 197 Å². The van der Waals surface area contributed by atoms with E-state index in [-0.39, 0.29) is 41.9 Å². The summed E-state index contributed by atoms with van der Waals surface area (Å²) in [5, 5.41) is 8.21. The van der Waals surface area contributed by atoms with Gasteiger partial charge in [0.25, 0.3) is 5.56 Å². The number of nitrogens with one attached hydrogen (secondary N) is 1. The van der Waals surface area contributed by atoms with E-state index >= 15 is 0 Å². The molecule has 1 N–H and O–H groups in total. The van der Waals surface area contributed by atoms with E-state index in [2.05, 4.69) is 15.2 Å². The Bertz CT molecular complexity index is 1200. The molecular formula is C25H28FN5O3. The van der Waals surface area contributed by atoms with Crippen LogP contribution in [0.25, 0.3) is 11.4 Å². The third-order valence-electron chi connectivity index (χ3n) is 5.65. The summed E-state index contributed by atoms with van der Waals surface area (Å²) < 4.78 is 19.7. The topological polar surface area (TPSA) is 91.4 Å². The largest absolute Gasteiger partial charge is 0.491 e. The number of ether oxygens (including phenoxy) is 1. The minimum absolute atomic E-state index is 0.0304. The number of H-pyrrole nitrogens is 1. The highest BCUT2D eigenvalue weighted by Crippen LogP contribution is 2.22.